The molecular formula is C24H21NO5. The van der Waals surface area contributed by atoms with Gasteiger partial charge in [-0.2, -0.15) is 0 Å². The number of benzene rings is 3. The molecule has 6 nitrogen and oxygen atoms in total. The fraction of sp³-hybridized carbons (Fsp3) is 0.167. The zero-order chi connectivity index (χ0) is 21.1. The van der Waals surface area contributed by atoms with Crippen molar-refractivity contribution in [3.8, 4) is 11.1 Å². The summed E-state index contributed by atoms with van der Waals surface area (Å²) in [4.78, 5) is 26.2. The third-order valence-corrected chi connectivity index (χ3v) is 5.09. The van der Waals surface area contributed by atoms with Gasteiger partial charge in [-0.25, -0.2) is 9.59 Å². The number of esters is 2. The van der Waals surface area contributed by atoms with Crippen LogP contribution in [0, 0.1) is 0 Å². The number of carbonyl (C=O) groups is 2. The molecule has 0 amide bonds. The minimum atomic E-state index is -0.618. The van der Waals surface area contributed by atoms with E-state index < -0.39 is 11.9 Å². The fourth-order valence-electron chi connectivity index (χ4n) is 3.55. The average molecular weight is 403 g/mol. The Bertz CT molecular complexity index is 1130. The van der Waals surface area contributed by atoms with Gasteiger partial charge in [0.1, 0.15) is 12.4 Å². The van der Waals surface area contributed by atoms with E-state index in [1.54, 1.807) is 4.90 Å². The van der Waals surface area contributed by atoms with Crippen molar-refractivity contribution in [3.05, 3.63) is 78.0 Å². The van der Waals surface area contributed by atoms with Gasteiger partial charge in [0.25, 0.3) is 0 Å². The van der Waals surface area contributed by atoms with Gasteiger partial charge < -0.3 is 19.1 Å². The van der Waals surface area contributed by atoms with Gasteiger partial charge >= 0.3 is 11.9 Å². The summed E-state index contributed by atoms with van der Waals surface area (Å²) >= 11 is 0. The third kappa shape index (κ3) is 3.65. The van der Waals surface area contributed by atoms with Crippen molar-refractivity contribution < 1.29 is 23.8 Å². The van der Waals surface area contributed by atoms with Crippen molar-refractivity contribution in [2.45, 2.75) is 0 Å². The molecule has 0 radical (unpaired) electrons. The number of hydrogen-bond acceptors (Lipinski definition) is 6. The highest BCUT2D eigenvalue weighted by molar-refractivity contribution is 6.03. The molecule has 3 aromatic carbocycles. The van der Waals surface area contributed by atoms with Crippen LogP contribution < -0.4 is 4.90 Å². The Hall–Kier alpha value is -3.64. The molecule has 1 heterocycles. The molecule has 1 aliphatic rings. The maximum atomic E-state index is 12.4. The number of carbonyl (C=O) groups excluding carboxylic acids is 2. The van der Waals surface area contributed by atoms with Crippen LogP contribution in [0.2, 0.25) is 0 Å². The Morgan fingerprint density at radius 2 is 1.50 bits per heavy atom. The molecule has 0 aromatic heterocycles. The first-order valence-electron chi connectivity index (χ1n) is 9.46. The van der Waals surface area contributed by atoms with E-state index in [1.165, 1.54) is 25.0 Å². The van der Waals surface area contributed by atoms with Crippen molar-refractivity contribution in [2.75, 3.05) is 32.5 Å². The SMILES string of the molecule is COC(=O)C1=C(C(=O)OC)N(c2ccc(-c3ccc4ccccc4c3)cc2)COC1. The van der Waals surface area contributed by atoms with E-state index in [9.17, 15) is 9.59 Å². The number of methoxy groups -OCH3 is 2. The second-order valence-electron chi connectivity index (χ2n) is 6.82. The molecule has 3 aromatic rings. The highest BCUT2D eigenvalue weighted by atomic mass is 16.5. The molecule has 0 bridgehead atoms. The van der Waals surface area contributed by atoms with Gasteiger partial charge in [0.2, 0.25) is 0 Å². The van der Waals surface area contributed by atoms with Gasteiger partial charge in [-0.15, -0.1) is 0 Å². The monoisotopic (exact) mass is 403 g/mol. The zero-order valence-corrected chi connectivity index (χ0v) is 16.8. The van der Waals surface area contributed by atoms with Gasteiger partial charge in [-0.1, -0.05) is 48.5 Å². The number of nitrogens with zero attached hydrogens (tertiary/aromatic N) is 1. The van der Waals surface area contributed by atoms with Crippen molar-refractivity contribution in [1.82, 2.24) is 0 Å². The van der Waals surface area contributed by atoms with Crippen LogP contribution in [-0.2, 0) is 23.8 Å². The van der Waals surface area contributed by atoms with E-state index in [2.05, 4.69) is 30.3 Å². The van der Waals surface area contributed by atoms with Crippen LogP contribution in [-0.4, -0.2) is 39.5 Å². The Morgan fingerprint density at radius 3 is 2.20 bits per heavy atom. The van der Waals surface area contributed by atoms with Crippen molar-refractivity contribution >= 4 is 28.4 Å². The van der Waals surface area contributed by atoms with Gasteiger partial charge in [-0.3, -0.25) is 0 Å². The molecule has 0 saturated carbocycles. The molecule has 0 atom stereocenters. The standard InChI is InChI=1S/C24H21NO5/c1-28-23(26)21-14-30-15-25(22(21)24(27)29-2)20-11-9-17(10-12-20)19-8-7-16-5-3-4-6-18(16)13-19/h3-13H,14-15H2,1-2H3. The van der Waals surface area contributed by atoms with E-state index in [1.807, 2.05) is 36.4 Å². The molecule has 6 heteroatoms. The summed E-state index contributed by atoms with van der Waals surface area (Å²) in [6.45, 7) is 0.114. The predicted octanol–water partition coefficient (Wildman–Crippen LogP) is 3.90. The topological polar surface area (TPSA) is 65.1 Å². The van der Waals surface area contributed by atoms with Crippen LogP contribution in [0.3, 0.4) is 0 Å². The number of rotatable bonds is 4. The van der Waals surface area contributed by atoms with E-state index >= 15 is 0 Å². The predicted molar refractivity (Wildman–Crippen MR) is 114 cm³/mol. The van der Waals surface area contributed by atoms with Gasteiger partial charge in [0.15, 0.2) is 0 Å². The van der Waals surface area contributed by atoms with Crippen molar-refractivity contribution in [2.24, 2.45) is 0 Å². The number of anilines is 1. The lowest BCUT2D eigenvalue weighted by atomic mass is 10.0. The normalized spacial score (nSPS) is 14.0. The highest BCUT2D eigenvalue weighted by Crippen LogP contribution is 2.30. The van der Waals surface area contributed by atoms with E-state index in [0.717, 1.165) is 11.1 Å². The molecule has 0 aliphatic carbocycles. The quantitative estimate of drug-likeness (QED) is 0.616. The molecule has 1 aliphatic heterocycles. The molecule has 30 heavy (non-hydrogen) atoms. The minimum Gasteiger partial charge on any atom is -0.466 e. The first kappa shape index (κ1) is 19.7. The second-order valence-corrected chi connectivity index (χ2v) is 6.82. The van der Waals surface area contributed by atoms with Crippen LogP contribution in [0.15, 0.2) is 78.0 Å². The van der Waals surface area contributed by atoms with E-state index in [4.69, 9.17) is 14.2 Å². The van der Waals surface area contributed by atoms with E-state index in [-0.39, 0.29) is 24.6 Å². The molecule has 0 spiro atoms. The number of ether oxygens (including phenoxy) is 3. The Morgan fingerprint density at radius 1 is 0.833 bits per heavy atom. The first-order chi connectivity index (χ1) is 14.6. The van der Waals surface area contributed by atoms with Crippen LogP contribution in [0.1, 0.15) is 0 Å². The summed E-state index contributed by atoms with van der Waals surface area (Å²) in [6, 6.07) is 22.2. The summed E-state index contributed by atoms with van der Waals surface area (Å²) in [5.41, 5.74) is 3.11. The lowest BCUT2D eigenvalue weighted by Gasteiger charge is -2.31. The largest absolute Gasteiger partial charge is 0.466 e. The smallest absolute Gasteiger partial charge is 0.355 e. The summed E-state index contributed by atoms with van der Waals surface area (Å²) in [5, 5.41) is 2.36. The summed E-state index contributed by atoms with van der Waals surface area (Å²) in [7, 11) is 2.54. The van der Waals surface area contributed by atoms with Crippen molar-refractivity contribution in [3.63, 3.8) is 0 Å². The summed E-state index contributed by atoms with van der Waals surface area (Å²) < 4.78 is 15.2. The molecule has 0 fully saturated rings. The highest BCUT2D eigenvalue weighted by Gasteiger charge is 2.32. The molecule has 0 saturated heterocycles. The molecular weight excluding hydrogens is 382 g/mol. The lowest BCUT2D eigenvalue weighted by Crippen LogP contribution is -2.38. The Balaban J connectivity index is 1.69. The minimum absolute atomic E-state index is 0.0111. The summed E-state index contributed by atoms with van der Waals surface area (Å²) in [6.07, 6.45) is 0. The van der Waals surface area contributed by atoms with Gasteiger partial charge in [0.05, 0.1) is 26.4 Å². The van der Waals surface area contributed by atoms with Crippen LogP contribution in [0.25, 0.3) is 21.9 Å². The van der Waals surface area contributed by atoms with Crippen LogP contribution >= 0.6 is 0 Å². The Labute approximate surface area is 174 Å². The zero-order valence-electron chi connectivity index (χ0n) is 16.8. The summed E-state index contributed by atoms with van der Waals surface area (Å²) in [5.74, 6) is -1.23. The molecule has 0 unspecified atom stereocenters. The van der Waals surface area contributed by atoms with Gasteiger partial charge in [0, 0.05) is 5.69 Å². The third-order valence-electron chi connectivity index (χ3n) is 5.09. The van der Waals surface area contributed by atoms with Gasteiger partial charge in [-0.05, 0) is 40.1 Å². The van der Waals surface area contributed by atoms with Crippen LogP contribution in [0.5, 0.6) is 0 Å². The average Bonchev–Trinajstić information content (AvgIpc) is 2.82. The van der Waals surface area contributed by atoms with Crippen molar-refractivity contribution in [1.29, 1.82) is 0 Å². The lowest BCUT2D eigenvalue weighted by molar-refractivity contribution is -0.140. The fourth-order valence-corrected chi connectivity index (χ4v) is 3.55. The maximum Gasteiger partial charge on any atom is 0.355 e. The van der Waals surface area contributed by atoms with E-state index in [0.29, 0.717) is 5.69 Å². The number of hydrogen-bond donors (Lipinski definition) is 0. The maximum absolute atomic E-state index is 12.4. The number of fused-ring (bicyclic) bond motifs is 1. The Kier molecular flexibility index (Phi) is 5.50. The molecule has 4 rings (SSSR count). The first-order valence-corrected chi connectivity index (χ1v) is 9.46. The molecule has 0 N–H and O–H groups in total. The molecule has 152 valence electrons. The second kappa shape index (κ2) is 8.39. The van der Waals surface area contributed by atoms with Crippen LogP contribution in [0.4, 0.5) is 5.69 Å².